The number of amides is 2. The Morgan fingerprint density at radius 3 is 2.50 bits per heavy atom. The van der Waals surface area contributed by atoms with Crippen molar-refractivity contribution in [2.75, 3.05) is 7.11 Å². The molecule has 9 nitrogen and oxygen atoms in total. The molecule has 0 spiro atoms. The van der Waals surface area contributed by atoms with E-state index >= 15 is 0 Å². The van der Waals surface area contributed by atoms with Gasteiger partial charge in [-0.05, 0) is 31.2 Å². The molecule has 1 aliphatic rings. The van der Waals surface area contributed by atoms with Crippen molar-refractivity contribution in [3.8, 4) is 0 Å². The van der Waals surface area contributed by atoms with Crippen molar-refractivity contribution in [2.45, 2.75) is 57.4 Å². The first-order valence-corrected chi connectivity index (χ1v) is 9.87. The lowest BCUT2D eigenvalue weighted by Crippen LogP contribution is -2.57. The largest absolute Gasteiger partial charge is 0.467 e. The van der Waals surface area contributed by atoms with Gasteiger partial charge in [0.25, 0.3) is 0 Å². The Hall–Kier alpha value is -2.94. The Balaban J connectivity index is 2.00. The van der Waals surface area contributed by atoms with Gasteiger partial charge in [0.15, 0.2) is 0 Å². The number of carbonyl (C=O) groups excluding carboxylic acids is 4. The molecule has 1 fully saturated rings. The minimum Gasteiger partial charge on any atom is -0.467 e. The van der Waals surface area contributed by atoms with E-state index < -0.39 is 42.1 Å². The average molecular weight is 420 g/mol. The molecule has 1 aromatic rings. The van der Waals surface area contributed by atoms with Crippen LogP contribution in [0.3, 0.4) is 0 Å². The maximum Gasteiger partial charge on any atom is 0.408 e. The summed E-state index contributed by atoms with van der Waals surface area (Å²) in [6.07, 6.45) is -0.327. The fourth-order valence-corrected chi connectivity index (χ4v) is 3.38. The van der Waals surface area contributed by atoms with E-state index in [9.17, 15) is 24.3 Å². The SMILES string of the molecule is COC(=O)[C@@H](NC(=O)[C@@H](NC(=O)OCc1ccccc1)[C@@H](C)O)[C@@H]1CCCC(=O)C1. The van der Waals surface area contributed by atoms with E-state index in [1.807, 2.05) is 6.07 Å². The van der Waals surface area contributed by atoms with E-state index in [4.69, 9.17) is 9.47 Å². The van der Waals surface area contributed by atoms with Crippen molar-refractivity contribution in [1.82, 2.24) is 10.6 Å². The zero-order valence-corrected chi connectivity index (χ0v) is 17.1. The Kier molecular flexibility index (Phi) is 8.79. The minimum absolute atomic E-state index is 0.00417. The molecular formula is C21H28N2O7. The van der Waals surface area contributed by atoms with Crippen LogP contribution < -0.4 is 10.6 Å². The third kappa shape index (κ3) is 6.84. The summed E-state index contributed by atoms with van der Waals surface area (Å²) in [6.45, 7) is 1.33. The maximum atomic E-state index is 12.7. The molecule has 0 unspecified atom stereocenters. The molecule has 2 rings (SSSR count). The number of carbonyl (C=O) groups is 4. The van der Waals surface area contributed by atoms with Gasteiger partial charge in [0.2, 0.25) is 5.91 Å². The number of esters is 1. The number of alkyl carbamates (subject to hydrolysis) is 1. The molecule has 2 amide bonds. The Morgan fingerprint density at radius 1 is 1.20 bits per heavy atom. The van der Waals surface area contributed by atoms with Gasteiger partial charge in [0.1, 0.15) is 24.5 Å². The number of rotatable bonds is 8. The number of ketones is 1. The number of nitrogens with one attached hydrogen (secondary N) is 2. The molecule has 1 aliphatic carbocycles. The number of aliphatic hydroxyl groups excluding tert-OH is 1. The lowest BCUT2D eigenvalue weighted by molar-refractivity contribution is -0.148. The van der Waals surface area contributed by atoms with E-state index in [0.29, 0.717) is 19.3 Å². The normalized spacial score (nSPS) is 19.2. The highest BCUT2D eigenvalue weighted by molar-refractivity contribution is 5.90. The summed E-state index contributed by atoms with van der Waals surface area (Å²) in [5.41, 5.74) is 0.762. The highest BCUT2D eigenvalue weighted by atomic mass is 16.5. The van der Waals surface area contributed by atoms with Crippen molar-refractivity contribution >= 4 is 23.8 Å². The van der Waals surface area contributed by atoms with Crippen LogP contribution in [0.5, 0.6) is 0 Å². The van der Waals surface area contributed by atoms with Gasteiger partial charge in [0.05, 0.1) is 13.2 Å². The highest BCUT2D eigenvalue weighted by Gasteiger charge is 2.37. The second-order valence-corrected chi connectivity index (χ2v) is 7.33. The molecule has 0 radical (unpaired) electrons. The number of benzene rings is 1. The summed E-state index contributed by atoms with van der Waals surface area (Å²) in [7, 11) is 1.19. The summed E-state index contributed by atoms with van der Waals surface area (Å²) >= 11 is 0. The maximum absolute atomic E-state index is 12.7. The summed E-state index contributed by atoms with van der Waals surface area (Å²) < 4.78 is 9.86. The lowest BCUT2D eigenvalue weighted by atomic mass is 9.83. The molecule has 0 saturated heterocycles. The van der Waals surface area contributed by atoms with Gasteiger partial charge in [-0.3, -0.25) is 9.59 Å². The van der Waals surface area contributed by atoms with Gasteiger partial charge < -0.3 is 25.2 Å². The Morgan fingerprint density at radius 2 is 1.90 bits per heavy atom. The van der Waals surface area contributed by atoms with Gasteiger partial charge >= 0.3 is 12.1 Å². The lowest BCUT2D eigenvalue weighted by Gasteiger charge is -2.30. The van der Waals surface area contributed by atoms with Crippen LogP contribution >= 0.6 is 0 Å². The molecular weight excluding hydrogens is 392 g/mol. The van der Waals surface area contributed by atoms with Gasteiger partial charge in [-0.1, -0.05) is 30.3 Å². The number of hydrogen-bond donors (Lipinski definition) is 3. The van der Waals surface area contributed by atoms with Crippen LogP contribution in [-0.4, -0.2) is 54.2 Å². The summed E-state index contributed by atoms with van der Waals surface area (Å²) in [6, 6.07) is 6.58. The van der Waals surface area contributed by atoms with Gasteiger partial charge in [-0.2, -0.15) is 0 Å². The second kappa shape index (κ2) is 11.3. The summed E-state index contributed by atoms with van der Waals surface area (Å²) in [5.74, 6) is -1.83. The van der Waals surface area contributed by atoms with Crippen LogP contribution in [0.2, 0.25) is 0 Å². The van der Waals surface area contributed by atoms with Crippen LogP contribution in [-0.2, 0) is 30.5 Å². The standard InChI is InChI=1S/C21H28N2O7/c1-13(24)17(23-21(28)30-12-14-7-4-3-5-8-14)19(26)22-18(20(27)29-2)15-9-6-10-16(25)11-15/h3-5,7-8,13,15,17-18,24H,6,9-12H2,1-2H3,(H,22,26)(H,23,28)/t13-,15-,17+,18+/m1/s1. The fourth-order valence-electron chi connectivity index (χ4n) is 3.38. The number of ether oxygens (including phenoxy) is 2. The van der Waals surface area contributed by atoms with E-state index in [1.54, 1.807) is 24.3 Å². The van der Waals surface area contributed by atoms with Crippen molar-refractivity contribution < 1.29 is 33.8 Å². The molecule has 1 aromatic carbocycles. The Bertz CT molecular complexity index is 751. The van der Waals surface area contributed by atoms with Gasteiger partial charge in [-0.25, -0.2) is 9.59 Å². The van der Waals surface area contributed by atoms with Crippen molar-refractivity contribution in [3.63, 3.8) is 0 Å². The van der Waals surface area contributed by atoms with Crippen LogP contribution in [0.1, 0.15) is 38.2 Å². The van der Waals surface area contributed by atoms with Crippen LogP contribution in [0.15, 0.2) is 30.3 Å². The molecule has 3 N–H and O–H groups in total. The zero-order chi connectivity index (χ0) is 22.1. The molecule has 1 saturated carbocycles. The number of methoxy groups -OCH3 is 1. The van der Waals surface area contributed by atoms with E-state index in [2.05, 4.69) is 10.6 Å². The average Bonchev–Trinajstić information content (AvgIpc) is 2.74. The van der Waals surface area contributed by atoms with Crippen LogP contribution in [0.4, 0.5) is 4.79 Å². The smallest absolute Gasteiger partial charge is 0.408 e. The molecule has 9 heteroatoms. The van der Waals surface area contributed by atoms with Crippen molar-refractivity contribution in [3.05, 3.63) is 35.9 Å². The predicted octanol–water partition coefficient (Wildman–Crippen LogP) is 1.08. The third-order valence-electron chi connectivity index (χ3n) is 5.00. The Labute approximate surface area is 175 Å². The molecule has 4 atom stereocenters. The quantitative estimate of drug-likeness (QED) is 0.536. The molecule has 0 aliphatic heterocycles. The number of Topliss-reactive ketones (excluding diaryl/α,β-unsaturated/α-hetero) is 1. The zero-order valence-electron chi connectivity index (χ0n) is 17.1. The van der Waals surface area contributed by atoms with Gasteiger partial charge in [-0.15, -0.1) is 0 Å². The molecule has 30 heavy (non-hydrogen) atoms. The predicted molar refractivity (Wildman–Crippen MR) is 106 cm³/mol. The molecule has 0 heterocycles. The molecule has 0 aromatic heterocycles. The third-order valence-corrected chi connectivity index (χ3v) is 5.00. The van der Waals surface area contributed by atoms with Crippen molar-refractivity contribution in [2.24, 2.45) is 5.92 Å². The highest BCUT2D eigenvalue weighted by Crippen LogP contribution is 2.25. The fraction of sp³-hybridized carbons (Fsp3) is 0.524. The topological polar surface area (TPSA) is 131 Å². The first-order chi connectivity index (χ1) is 14.3. The minimum atomic E-state index is -1.35. The first-order valence-electron chi connectivity index (χ1n) is 9.87. The van der Waals surface area contributed by atoms with Crippen LogP contribution in [0.25, 0.3) is 0 Å². The summed E-state index contributed by atoms with van der Waals surface area (Å²) in [5, 5.41) is 14.8. The number of aliphatic hydroxyl groups is 1. The van der Waals surface area contributed by atoms with E-state index in [1.165, 1.54) is 14.0 Å². The first kappa shape index (κ1) is 23.3. The molecule has 164 valence electrons. The van der Waals surface area contributed by atoms with E-state index in [-0.39, 0.29) is 18.8 Å². The monoisotopic (exact) mass is 420 g/mol. The van der Waals surface area contributed by atoms with E-state index in [0.717, 1.165) is 5.56 Å². The van der Waals surface area contributed by atoms with Crippen LogP contribution in [0, 0.1) is 5.92 Å². The number of hydrogen-bond acceptors (Lipinski definition) is 7. The van der Waals surface area contributed by atoms with Gasteiger partial charge in [0, 0.05) is 12.8 Å². The molecule has 0 bridgehead atoms. The summed E-state index contributed by atoms with van der Waals surface area (Å²) in [4.78, 5) is 48.8. The second-order valence-electron chi connectivity index (χ2n) is 7.33. The van der Waals surface area contributed by atoms with Crippen molar-refractivity contribution in [1.29, 1.82) is 0 Å².